The summed E-state index contributed by atoms with van der Waals surface area (Å²) >= 11 is 12.1. The van der Waals surface area contributed by atoms with Crippen LogP contribution in [0.5, 0.6) is 0 Å². The molecule has 12 heteroatoms. The first kappa shape index (κ1) is 47.7. The van der Waals surface area contributed by atoms with Gasteiger partial charge in [0.2, 0.25) is 0 Å². The Kier molecular flexibility index (Phi) is 21.3. The van der Waals surface area contributed by atoms with Crippen LogP contribution in [0.15, 0.2) is 97.1 Å². The molecule has 0 aromatic heterocycles. The molecule has 0 aliphatic heterocycles. The summed E-state index contributed by atoms with van der Waals surface area (Å²) in [5.74, 6) is -2.88. The minimum absolute atomic E-state index is 0. The van der Waals surface area contributed by atoms with Crippen molar-refractivity contribution in [3.8, 4) is 22.3 Å². The molecule has 0 radical (unpaired) electrons. The van der Waals surface area contributed by atoms with Gasteiger partial charge in [-0.3, -0.25) is 14.4 Å². The SMILES string of the molecule is CCOC(=O)C(=O)N[C@H](Cc1ccc(-c2cccc(Cl)c2)cc1)CC(C)C(=O)OCC.CCOC(=O)C(C)C[C@H](N)Cc1ccc(-c2cccc(Cl)c2)cc1.Cl. The number of hydrogen-bond donors (Lipinski definition) is 2. The second-order valence-corrected chi connectivity index (χ2v) is 14.1. The number of esters is 3. The van der Waals surface area contributed by atoms with E-state index >= 15 is 0 Å². The number of ether oxygens (including phenoxy) is 3. The van der Waals surface area contributed by atoms with Gasteiger partial charge in [-0.1, -0.05) is 110 Å². The number of carbonyl (C=O) groups is 4. The van der Waals surface area contributed by atoms with Crippen LogP contribution in [-0.4, -0.2) is 55.7 Å². The van der Waals surface area contributed by atoms with Crippen LogP contribution in [0.2, 0.25) is 10.0 Å². The van der Waals surface area contributed by atoms with Crippen LogP contribution in [0.4, 0.5) is 0 Å². The summed E-state index contributed by atoms with van der Waals surface area (Å²) in [5.41, 5.74) is 12.5. The standard InChI is InChI=1S/C24H28ClNO5.C20H24ClNO2.ClH/c1-4-30-23(28)16(3)13-21(26-22(27)24(29)31-5-2)14-17-9-11-18(12-10-17)19-7-6-8-20(25)15-19;1-3-24-20(23)14(2)11-19(22)12-15-7-9-16(10-8-15)17-5-4-6-18(21)13-17;/h6-12,15-16,21H,4-5,13-14H2,1-3H3,(H,26,27);4-10,13-14,19H,3,11-12,22H2,1-2H3;1H/t16?,21-;14?,19-;/m00./s1. The molecule has 4 rings (SSSR count). The molecular weight excluding hydrogens is 775 g/mol. The van der Waals surface area contributed by atoms with E-state index in [0.29, 0.717) is 30.9 Å². The Labute approximate surface area is 347 Å². The van der Waals surface area contributed by atoms with Crippen molar-refractivity contribution in [3.05, 3.63) is 118 Å². The second kappa shape index (κ2) is 25.0. The summed E-state index contributed by atoms with van der Waals surface area (Å²) in [6.45, 7) is 9.59. The van der Waals surface area contributed by atoms with Gasteiger partial charge in [-0.25, -0.2) is 4.79 Å². The zero-order chi connectivity index (χ0) is 40.3. The molecule has 4 atom stereocenters. The highest BCUT2D eigenvalue weighted by atomic mass is 35.5. The van der Waals surface area contributed by atoms with E-state index in [0.717, 1.165) is 44.8 Å². The van der Waals surface area contributed by atoms with Gasteiger partial charge in [0.15, 0.2) is 0 Å². The van der Waals surface area contributed by atoms with E-state index in [4.69, 9.17) is 43.1 Å². The van der Waals surface area contributed by atoms with Gasteiger partial charge < -0.3 is 25.3 Å². The number of benzene rings is 4. The minimum Gasteiger partial charge on any atom is -0.466 e. The fraction of sp³-hybridized carbons (Fsp3) is 0.364. The van der Waals surface area contributed by atoms with E-state index < -0.39 is 23.8 Å². The molecule has 0 spiro atoms. The van der Waals surface area contributed by atoms with Gasteiger partial charge in [0.1, 0.15) is 0 Å². The lowest BCUT2D eigenvalue weighted by Gasteiger charge is -2.21. The lowest BCUT2D eigenvalue weighted by atomic mass is 9.95. The molecule has 0 aliphatic rings. The zero-order valence-corrected chi connectivity index (χ0v) is 34.9. The van der Waals surface area contributed by atoms with E-state index in [-0.39, 0.29) is 49.5 Å². The van der Waals surface area contributed by atoms with Crippen molar-refractivity contribution in [2.75, 3.05) is 19.8 Å². The van der Waals surface area contributed by atoms with Crippen LogP contribution in [0, 0.1) is 11.8 Å². The summed E-state index contributed by atoms with van der Waals surface area (Å²) in [7, 11) is 0. The summed E-state index contributed by atoms with van der Waals surface area (Å²) in [4.78, 5) is 47.6. The largest absolute Gasteiger partial charge is 0.466 e. The van der Waals surface area contributed by atoms with Crippen molar-refractivity contribution in [1.82, 2.24) is 5.32 Å². The van der Waals surface area contributed by atoms with Gasteiger partial charge in [0.25, 0.3) is 0 Å². The Bertz CT molecular complexity index is 1840. The van der Waals surface area contributed by atoms with Crippen LogP contribution < -0.4 is 11.1 Å². The highest BCUT2D eigenvalue weighted by molar-refractivity contribution is 6.32. The molecule has 0 aliphatic carbocycles. The van der Waals surface area contributed by atoms with E-state index in [9.17, 15) is 19.2 Å². The fourth-order valence-corrected chi connectivity index (χ4v) is 6.33. The van der Waals surface area contributed by atoms with E-state index in [2.05, 4.69) is 29.6 Å². The van der Waals surface area contributed by atoms with E-state index in [1.54, 1.807) is 20.8 Å². The molecule has 56 heavy (non-hydrogen) atoms. The predicted molar refractivity (Wildman–Crippen MR) is 226 cm³/mol. The third-order valence-electron chi connectivity index (χ3n) is 8.67. The van der Waals surface area contributed by atoms with Gasteiger partial charge >= 0.3 is 23.8 Å². The third kappa shape index (κ3) is 16.4. The molecule has 3 N–H and O–H groups in total. The number of hydrogen-bond acceptors (Lipinski definition) is 8. The summed E-state index contributed by atoms with van der Waals surface area (Å²) < 4.78 is 14.9. The van der Waals surface area contributed by atoms with E-state index in [1.807, 2.05) is 86.6 Å². The van der Waals surface area contributed by atoms with Crippen molar-refractivity contribution in [3.63, 3.8) is 0 Å². The summed E-state index contributed by atoms with van der Waals surface area (Å²) in [6, 6.07) is 31.0. The maximum atomic E-state index is 12.2. The number of halogens is 3. The molecule has 0 bridgehead atoms. The van der Waals surface area contributed by atoms with Crippen molar-refractivity contribution in [2.45, 2.75) is 72.4 Å². The lowest BCUT2D eigenvalue weighted by Crippen LogP contribution is -2.42. The molecule has 4 aromatic rings. The molecule has 0 saturated heterocycles. The fourth-order valence-electron chi connectivity index (χ4n) is 5.95. The number of carbonyl (C=O) groups excluding carboxylic acids is 4. The first-order chi connectivity index (χ1) is 26.3. The van der Waals surface area contributed by atoms with Gasteiger partial charge in [-0.15, -0.1) is 12.4 Å². The number of nitrogens with two attached hydrogens (primary N) is 1. The zero-order valence-electron chi connectivity index (χ0n) is 32.6. The van der Waals surface area contributed by atoms with Crippen LogP contribution in [0.25, 0.3) is 22.3 Å². The van der Waals surface area contributed by atoms with Gasteiger partial charge in [0.05, 0.1) is 31.7 Å². The predicted octanol–water partition coefficient (Wildman–Crippen LogP) is 9.07. The Hall–Kier alpha value is -4.41. The monoisotopic (exact) mass is 826 g/mol. The third-order valence-corrected chi connectivity index (χ3v) is 9.14. The van der Waals surface area contributed by atoms with E-state index in [1.165, 1.54) is 0 Å². The highest BCUT2D eigenvalue weighted by Crippen LogP contribution is 2.25. The maximum Gasteiger partial charge on any atom is 0.396 e. The Morgan fingerprint density at radius 2 is 1.04 bits per heavy atom. The number of amides is 1. The topological polar surface area (TPSA) is 134 Å². The molecule has 9 nitrogen and oxygen atoms in total. The highest BCUT2D eigenvalue weighted by Gasteiger charge is 2.25. The maximum absolute atomic E-state index is 12.2. The first-order valence-corrected chi connectivity index (χ1v) is 19.3. The van der Waals surface area contributed by atoms with Crippen LogP contribution >= 0.6 is 35.6 Å². The Morgan fingerprint density at radius 3 is 1.46 bits per heavy atom. The molecule has 4 aromatic carbocycles. The quantitative estimate of drug-likeness (QED) is 0.0650. The molecule has 1 amide bonds. The smallest absolute Gasteiger partial charge is 0.396 e. The molecule has 0 saturated carbocycles. The van der Waals surface area contributed by atoms with Crippen molar-refractivity contribution in [2.24, 2.45) is 17.6 Å². The summed E-state index contributed by atoms with van der Waals surface area (Å²) in [6.07, 6.45) is 2.14. The molecule has 0 fully saturated rings. The van der Waals surface area contributed by atoms with Crippen LogP contribution in [0.1, 0.15) is 58.6 Å². The van der Waals surface area contributed by atoms with Crippen molar-refractivity contribution in [1.29, 1.82) is 0 Å². The minimum atomic E-state index is -0.937. The average Bonchev–Trinajstić information content (AvgIpc) is 3.16. The Morgan fingerprint density at radius 1 is 0.607 bits per heavy atom. The molecule has 302 valence electrons. The average molecular weight is 828 g/mol. The Balaban J connectivity index is 0.000000392. The van der Waals surface area contributed by atoms with Crippen molar-refractivity contribution >= 4 is 59.4 Å². The van der Waals surface area contributed by atoms with Gasteiger partial charge in [-0.05, 0) is 104 Å². The van der Waals surface area contributed by atoms with Crippen molar-refractivity contribution < 1.29 is 33.4 Å². The van der Waals surface area contributed by atoms with Gasteiger partial charge in [0, 0.05) is 22.1 Å². The number of rotatable bonds is 16. The van der Waals surface area contributed by atoms with Crippen LogP contribution in [-0.2, 0) is 46.2 Å². The van der Waals surface area contributed by atoms with Crippen LogP contribution in [0.3, 0.4) is 0 Å². The summed E-state index contributed by atoms with van der Waals surface area (Å²) in [5, 5.41) is 4.08. The normalized spacial score (nSPS) is 12.6. The lowest BCUT2D eigenvalue weighted by molar-refractivity contribution is -0.155. The number of nitrogens with one attached hydrogen (secondary N) is 1. The molecule has 2 unspecified atom stereocenters. The second-order valence-electron chi connectivity index (χ2n) is 13.3. The molecule has 0 heterocycles. The van der Waals surface area contributed by atoms with Gasteiger partial charge in [-0.2, -0.15) is 0 Å². The molecular formula is C44H53Cl3N2O7. The first-order valence-electron chi connectivity index (χ1n) is 18.6.